The zero-order chi connectivity index (χ0) is 37.0. The smallest absolute Gasteiger partial charge is 0.164 e. The molecule has 0 saturated carbocycles. The van der Waals surface area contributed by atoms with E-state index >= 15 is 0 Å². The lowest BCUT2D eigenvalue weighted by molar-refractivity contribution is 0.670. The van der Waals surface area contributed by atoms with Crippen LogP contribution < -0.4 is 0 Å². The lowest BCUT2D eigenvalue weighted by Gasteiger charge is -2.10. The molecule has 11 rings (SSSR count). The molecule has 0 aliphatic rings. The summed E-state index contributed by atoms with van der Waals surface area (Å²) in [5.74, 6) is 1.90. The van der Waals surface area contributed by atoms with Crippen LogP contribution in [0.1, 0.15) is 0 Å². The van der Waals surface area contributed by atoms with E-state index < -0.39 is 0 Å². The molecule has 11 aromatic rings. The topological polar surface area (TPSA) is 51.8 Å². The second kappa shape index (κ2) is 13.3. The van der Waals surface area contributed by atoms with Crippen LogP contribution in [-0.4, -0.2) is 15.0 Å². The van der Waals surface area contributed by atoms with Gasteiger partial charge in [-0.15, -0.1) is 11.3 Å². The number of fused-ring (bicyclic) bond motifs is 6. The Morgan fingerprint density at radius 1 is 0.357 bits per heavy atom. The Morgan fingerprint density at radius 2 is 0.857 bits per heavy atom. The first kappa shape index (κ1) is 32.2. The Hall–Kier alpha value is -7.21. The quantitative estimate of drug-likeness (QED) is 0.171. The fourth-order valence-electron chi connectivity index (χ4n) is 7.98. The maximum atomic E-state index is 6.83. The molecule has 3 heterocycles. The first-order chi connectivity index (χ1) is 27.8. The Balaban J connectivity index is 1.06. The fraction of sp³-hybridized carbons (Fsp3) is 0. The SMILES string of the molecule is c1ccc(-c2nc(-c3ccccc3)nc(-c3cccc(-c4cccc5oc6c(-c7cccc8c7sc7cccc(-c9ccccc9)c78)cccc6c45)c3)n2)cc1. The fourth-order valence-corrected chi connectivity index (χ4v) is 9.24. The highest BCUT2D eigenvalue weighted by Crippen LogP contribution is 2.47. The zero-order valence-corrected chi connectivity index (χ0v) is 30.9. The van der Waals surface area contributed by atoms with E-state index in [0.29, 0.717) is 17.5 Å². The minimum Gasteiger partial charge on any atom is -0.455 e. The van der Waals surface area contributed by atoms with Gasteiger partial charge in [-0.2, -0.15) is 0 Å². The summed E-state index contributed by atoms with van der Waals surface area (Å²) in [4.78, 5) is 14.9. The first-order valence-electron chi connectivity index (χ1n) is 18.7. The average Bonchev–Trinajstić information content (AvgIpc) is 3.86. The van der Waals surface area contributed by atoms with Gasteiger partial charge in [0.1, 0.15) is 11.2 Å². The van der Waals surface area contributed by atoms with Gasteiger partial charge in [-0.1, -0.05) is 170 Å². The molecule has 0 aliphatic heterocycles. The van der Waals surface area contributed by atoms with Gasteiger partial charge in [0, 0.05) is 58.8 Å². The summed E-state index contributed by atoms with van der Waals surface area (Å²) in [6, 6.07) is 65.5. The summed E-state index contributed by atoms with van der Waals surface area (Å²) >= 11 is 1.85. The van der Waals surface area contributed by atoms with Gasteiger partial charge in [0.15, 0.2) is 17.5 Å². The summed E-state index contributed by atoms with van der Waals surface area (Å²) in [6.07, 6.45) is 0. The molecule has 0 fully saturated rings. The van der Waals surface area contributed by atoms with Gasteiger partial charge in [-0.3, -0.25) is 0 Å². The maximum Gasteiger partial charge on any atom is 0.164 e. The molecule has 0 spiro atoms. The third kappa shape index (κ3) is 5.40. The maximum absolute atomic E-state index is 6.83. The van der Waals surface area contributed by atoms with Gasteiger partial charge in [0.25, 0.3) is 0 Å². The van der Waals surface area contributed by atoms with Gasteiger partial charge >= 0.3 is 0 Å². The number of benzene rings is 8. The lowest BCUT2D eigenvalue weighted by atomic mass is 9.95. The van der Waals surface area contributed by atoms with Crippen molar-refractivity contribution in [3.05, 3.63) is 188 Å². The van der Waals surface area contributed by atoms with Gasteiger partial charge in [-0.25, -0.2) is 15.0 Å². The molecule has 5 heteroatoms. The van der Waals surface area contributed by atoms with Crippen LogP contribution in [-0.2, 0) is 0 Å². The van der Waals surface area contributed by atoms with Crippen molar-refractivity contribution < 1.29 is 4.42 Å². The summed E-state index contributed by atoms with van der Waals surface area (Å²) in [5.41, 5.74) is 11.4. The van der Waals surface area contributed by atoms with E-state index in [1.54, 1.807) is 0 Å². The standard InChI is InChI=1S/C51H31N3OS/c1-4-15-32(16-5-1)37-24-14-30-44-46(37)42-28-12-26-40(48(42)56-44)39-25-11-27-41-45-38(23-13-29-43(45)55-47(39)41)35-21-10-22-36(31-35)51-53-49(33-17-6-2-7-18-33)52-50(54-51)34-19-8-3-9-20-34/h1-31H. The van der Waals surface area contributed by atoms with Gasteiger partial charge in [0.05, 0.1) is 0 Å². The zero-order valence-electron chi connectivity index (χ0n) is 30.1. The number of furan rings is 1. The van der Waals surface area contributed by atoms with Crippen LogP contribution in [0.15, 0.2) is 192 Å². The van der Waals surface area contributed by atoms with E-state index in [9.17, 15) is 0 Å². The third-order valence-corrected chi connectivity index (χ3v) is 11.8. The Kier molecular flexibility index (Phi) is 7.64. The number of aromatic nitrogens is 3. The highest BCUT2D eigenvalue weighted by atomic mass is 32.1. The van der Waals surface area contributed by atoms with Gasteiger partial charge in [0.2, 0.25) is 0 Å². The predicted molar refractivity (Wildman–Crippen MR) is 233 cm³/mol. The monoisotopic (exact) mass is 733 g/mol. The van der Waals surface area contributed by atoms with E-state index in [1.165, 1.54) is 36.9 Å². The second-order valence-corrected chi connectivity index (χ2v) is 15.0. The predicted octanol–water partition coefficient (Wildman–Crippen LogP) is 14.1. The van der Waals surface area contributed by atoms with Crippen LogP contribution in [0, 0.1) is 0 Å². The molecule has 0 unspecified atom stereocenters. The normalized spacial score (nSPS) is 11.6. The third-order valence-electron chi connectivity index (χ3n) is 10.6. The van der Waals surface area contributed by atoms with Crippen LogP contribution in [0.4, 0.5) is 0 Å². The molecule has 4 nitrogen and oxygen atoms in total. The van der Waals surface area contributed by atoms with Crippen molar-refractivity contribution in [3.63, 3.8) is 0 Å². The number of hydrogen-bond donors (Lipinski definition) is 0. The first-order valence-corrected chi connectivity index (χ1v) is 19.5. The molecular formula is C51H31N3OS. The van der Waals surface area contributed by atoms with Gasteiger partial charge in [-0.05, 0) is 40.5 Å². The molecule has 0 aliphatic carbocycles. The van der Waals surface area contributed by atoms with Crippen LogP contribution in [0.25, 0.3) is 110 Å². The van der Waals surface area contributed by atoms with Crippen molar-refractivity contribution in [2.75, 3.05) is 0 Å². The van der Waals surface area contributed by atoms with E-state index in [2.05, 4.69) is 127 Å². The van der Waals surface area contributed by atoms with Crippen molar-refractivity contribution >= 4 is 53.4 Å². The van der Waals surface area contributed by atoms with Crippen LogP contribution >= 0.6 is 11.3 Å². The van der Waals surface area contributed by atoms with E-state index in [-0.39, 0.29) is 0 Å². The van der Waals surface area contributed by atoms with E-state index in [4.69, 9.17) is 19.4 Å². The minimum absolute atomic E-state index is 0.623. The summed E-state index contributed by atoms with van der Waals surface area (Å²) in [5, 5.41) is 4.72. The minimum atomic E-state index is 0.623. The van der Waals surface area contributed by atoms with E-state index in [1.807, 2.05) is 72.0 Å². The molecule has 262 valence electrons. The number of rotatable bonds is 6. The largest absolute Gasteiger partial charge is 0.455 e. The Labute approximate surface area is 327 Å². The van der Waals surface area contributed by atoms with Crippen molar-refractivity contribution in [1.29, 1.82) is 0 Å². The van der Waals surface area contributed by atoms with Crippen molar-refractivity contribution in [2.45, 2.75) is 0 Å². The molecule has 3 aromatic heterocycles. The van der Waals surface area contributed by atoms with Crippen LogP contribution in [0.5, 0.6) is 0 Å². The summed E-state index contributed by atoms with van der Waals surface area (Å²) in [6.45, 7) is 0. The van der Waals surface area contributed by atoms with Gasteiger partial charge < -0.3 is 4.42 Å². The Bertz CT molecular complexity index is 3180. The highest BCUT2D eigenvalue weighted by Gasteiger charge is 2.20. The van der Waals surface area contributed by atoms with Crippen LogP contribution in [0.3, 0.4) is 0 Å². The summed E-state index contributed by atoms with van der Waals surface area (Å²) < 4.78 is 9.37. The molecule has 56 heavy (non-hydrogen) atoms. The van der Waals surface area contributed by atoms with Crippen molar-refractivity contribution in [2.24, 2.45) is 0 Å². The average molecular weight is 734 g/mol. The second-order valence-electron chi connectivity index (χ2n) is 13.9. The molecule has 0 amide bonds. The number of thiophene rings is 1. The molecule has 0 atom stereocenters. The van der Waals surface area contributed by atoms with Crippen molar-refractivity contribution in [1.82, 2.24) is 15.0 Å². The lowest BCUT2D eigenvalue weighted by Crippen LogP contribution is -2.00. The van der Waals surface area contributed by atoms with Crippen molar-refractivity contribution in [3.8, 4) is 67.5 Å². The number of nitrogens with zero attached hydrogens (tertiary/aromatic N) is 3. The summed E-state index contributed by atoms with van der Waals surface area (Å²) in [7, 11) is 0. The Morgan fingerprint density at radius 3 is 1.55 bits per heavy atom. The highest BCUT2D eigenvalue weighted by molar-refractivity contribution is 7.26. The molecule has 0 bridgehead atoms. The molecule has 0 N–H and O–H groups in total. The molecular weight excluding hydrogens is 703 g/mol. The molecule has 0 radical (unpaired) electrons. The number of para-hydroxylation sites is 1. The van der Waals surface area contributed by atoms with Crippen LogP contribution in [0.2, 0.25) is 0 Å². The molecule has 0 saturated heterocycles. The molecule has 8 aromatic carbocycles. The van der Waals surface area contributed by atoms with E-state index in [0.717, 1.165) is 55.3 Å². The number of hydrogen-bond acceptors (Lipinski definition) is 5.